The molecule has 0 saturated heterocycles. The molecule has 0 heterocycles. The quantitative estimate of drug-likeness (QED) is 0.689. The predicted octanol–water partition coefficient (Wildman–Crippen LogP) is 1.56. The van der Waals surface area contributed by atoms with Crippen molar-refractivity contribution in [2.45, 2.75) is 26.3 Å². The van der Waals surface area contributed by atoms with Crippen molar-refractivity contribution < 1.29 is 4.79 Å². The van der Waals surface area contributed by atoms with Gasteiger partial charge in [0.1, 0.15) is 0 Å². The Morgan fingerprint density at radius 3 is 2.45 bits per heavy atom. The fourth-order valence-corrected chi connectivity index (χ4v) is 2.24. The van der Waals surface area contributed by atoms with Crippen molar-refractivity contribution in [3.05, 3.63) is 23.8 Å². The van der Waals surface area contributed by atoms with Crippen LogP contribution in [0.2, 0.25) is 0 Å². The molecule has 1 aromatic carbocycles. The number of nitrogens with one attached hydrogen (secondary N) is 1. The van der Waals surface area contributed by atoms with Gasteiger partial charge >= 0.3 is 0 Å². The summed E-state index contributed by atoms with van der Waals surface area (Å²) in [6.45, 7) is 5.09. The summed E-state index contributed by atoms with van der Waals surface area (Å²) in [4.78, 5) is 14.4. The average molecular weight is 278 g/mol. The van der Waals surface area contributed by atoms with E-state index in [0.29, 0.717) is 22.9 Å². The highest BCUT2D eigenvalue weighted by Crippen LogP contribution is 2.16. The monoisotopic (exact) mass is 278 g/mol. The molecule has 1 atom stereocenters. The minimum Gasteiger partial charge on any atom is -0.399 e. The van der Waals surface area contributed by atoms with Crippen LogP contribution >= 0.6 is 0 Å². The molecule has 1 rings (SSSR count). The molecule has 5 N–H and O–H groups in total. The molecule has 0 bridgehead atoms. The van der Waals surface area contributed by atoms with Gasteiger partial charge in [0.2, 0.25) is 0 Å². The van der Waals surface area contributed by atoms with Crippen molar-refractivity contribution in [2.75, 3.05) is 32.1 Å². The van der Waals surface area contributed by atoms with Crippen molar-refractivity contribution in [1.82, 2.24) is 10.2 Å². The van der Waals surface area contributed by atoms with Gasteiger partial charge in [0.15, 0.2) is 0 Å². The van der Waals surface area contributed by atoms with E-state index in [1.807, 2.05) is 14.1 Å². The number of benzene rings is 1. The third-order valence-electron chi connectivity index (χ3n) is 3.00. The van der Waals surface area contributed by atoms with Crippen LogP contribution in [0.1, 0.15) is 30.6 Å². The lowest BCUT2D eigenvalue weighted by molar-refractivity contribution is 0.0925. The minimum absolute atomic E-state index is 0.106. The first-order chi connectivity index (χ1) is 9.29. The second-order valence-corrected chi connectivity index (χ2v) is 5.91. The normalized spacial score (nSPS) is 12.7. The summed E-state index contributed by atoms with van der Waals surface area (Å²) in [5.41, 5.74) is 12.9. The highest BCUT2D eigenvalue weighted by Gasteiger charge is 2.17. The van der Waals surface area contributed by atoms with Crippen LogP contribution in [-0.2, 0) is 0 Å². The van der Waals surface area contributed by atoms with Gasteiger partial charge in [-0.3, -0.25) is 4.79 Å². The Hall–Kier alpha value is -1.75. The van der Waals surface area contributed by atoms with Crippen LogP contribution in [0.5, 0.6) is 0 Å². The van der Waals surface area contributed by atoms with Crippen LogP contribution in [0, 0.1) is 5.92 Å². The smallest absolute Gasteiger partial charge is 0.253 e. The minimum atomic E-state index is -0.144. The highest BCUT2D eigenvalue weighted by atomic mass is 16.1. The molecule has 5 nitrogen and oxygen atoms in total. The zero-order valence-corrected chi connectivity index (χ0v) is 12.8. The first-order valence-electron chi connectivity index (χ1n) is 6.90. The number of hydrogen-bond donors (Lipinski definition) is 3. The Balaban J connectivity index is 2.78. The number of nitrogens with two attached hydrogens (primary N) is 2. The van der Waals surface area contributed by atoms with E-state index < -0.39 is 0 Å². The maximum Gasteiger partial charge on any atom is 0.253 e. The SMILES string of the molecule is CC(C)CC(CN(C)C)NC(=O)c1ccc(N)cc1N. The van der Waals surface area contributed by atoms with Gasteiger partial charge in [-0.15, -0.1) is 0 Å². The Morgan fingerprint density at radius 2 is 1.95 bits per heavy atom. The molecule has 0 saturated carbocycles. The van der Waals surface area contributed by atoms with Gasteiger partial charge < -0.3 is 21.7 Å². The standard InChI is InChI=1S/C15H26N4O/c1-10(2)7-12(9-19(3)4)18-15(20)13-6-5-11(16)8-14(13)17/h5-6,8,10,12H,7,9,16-17H2,1-4H3,(H,18,20). The molecular formula is C15H26N4O. The number of amides is 1. The number of hydrogen-bond acceptors (Lipinski definition) is 4. The fraction of sp³-hybridized carbons (Fsp3) is 0.533. The lowest BCUT2D eigenvalue weighted by Crippen LogP contribution is -2.42. The van der Waals surface area contributed by atoms with Crippen LogP contribution in [0.25, 0.3) is 0 Å². The molecule has 0 radical (unpaired) electrons. The Morgan fingerprint density at radius 1 is 1.30 bits per heavy atom. The molecule has 5 heteroatoms. The molecule has 0 fully saturated rings. The number of carbonyl (C=O) groups is 1. The van der Waals surface area contributed by atoms with Crippen LogP contribution in [-0.4, -0.2) is 37.5 Å². The number of likely N-dealkylation sites (N-methyl/N-ethyl adjacent to an activating group) is 1. The summed E-state index contributed by atoms with van der Waals surface area (Å²) in [7, 11) is 3.99. The van der Waals surface area contributed by atoms with E-state index in [-0.39, 0.29) is 11.9 Å². The zero-order chi connectivity index (χ0) is 15.3. The number of carbonyl (C=O) groups excluding carboxylic acids is 1. The van der Waals surface area contributed by atoms with Crippen LogP contribution in [0.15, 0.2) is 18.2 Å². The van der Waals surface area contributed by atoms with E-state index in [1.54, 1.807) is 18.2 Å². The second-order valence-electron chi connectivity index (χ2n) is 5.91. The molecular weight excluding hydrogens is 252 g/mol. The summed E-state index contributed by atoms with van der Waals surface area (Å²) >= 11 is 0. The van der Waals surface area contributed by atoms with Crippen molar-refractivity contribution in [1.29, 1.82) is 0 Å². The second kappa shape index (κ2) is 7.14. The van der Waals surface area contributed by atoms with Crippen LogP contribution in [0.4, 0.5) is 11.4 Å². The van der Waals surface area contributed by atoms with E-state index in [2.05, 4.69) is 24.1 Å². The Labute approximate surface area is 121 Å². The molecule has 112 valence electrons. The van der Waals surface area contributed by atoms with Gasteiger partial charge in [-0.25, -0.2) is 0 Å². The topological polar surface area (TPSA) is 84.4 Å². The van der Waals surface area contributed by atoms with Crippen molar-refractivity contribution in [3.8, 4) is 0 Å². The molecule has 20 heavy (non-hydrogen) atoms. The third-order valence-corrected chi connectivity index (χ3v) is 3.00. The molecule has 0 aliphatic heterocycles. The maximum atomic E-state index is 12.3. The first kappa shape index (κ1) is 16.3. The Kier molecular flexibility index (Phi) is 5.82. The van der Waals surface area contributed by atoms with Gasteiger partial charge in [-0.1, -0.05) is 13.8 Å². The number of rotatable bonds is 6. The third kappa shape index (κ3) is 5.09. The summed E-state index contributed by atoms with van der Waals surface area (Å²) < 4.78 is 0. The molecule has 1 aromatic rings. The summed E-state index contributed by atoms with van der Waals surface area (Å²) in [5.74, 6) is 0.374. The lowest BCUT2D eigenvalue weighted by Gasteiger charge is -2.24. The molecule has 0 aromatic heterocycles. The van der Waals surface area contributed by atoms with E-state index in [4.69, 9.17) is 11.5 Å². The zero-order valence-electron chi connectivity index (χ0n) is 12.8. The van der Waals surface area contributed by atoms with Crippen LogP contribution < -0.4 is 16.8 Å². The van der Waals surface area contributed by atoms with E-state index in [1.165, 1.54) is 0 Å². The van der Waals surface area contributed by atoms with Gasteiger partial charge in [0.05, 0.1) is 5.56 Å². The van der Waals surface area contributed by atoms with Gasteiger partial charge in [-0.05, 0) is 44.6 Å². The number of nitrogens with zero attached hydrogens (tertiary/aromatic N) is 1. The van der Waals surface area contributed by atoms with Gasteiger partial charge in [-0.2, -0.15) is 0 Å². The predicted molar refractivity (Wildman–Crippen MR) is 84.5 cm³/mol. The largest absolute Gasteiger partial charge is 0.399 e. The van der Waals surface area contributed by atoms with Crippen molar-refractivity contribution in [2.24, 2.45) is 5.92 Å². The number of anilines is 2. The van der Waals surface area contributed by atoms with Crippen molar-refractivity contribution in [3.63, 3.8) is 0 Å². The molecule has 0 aliphatic rings. The van der Waals surface area contributed by atoms with E-state index in [9.17, 15) is 4.79 Å². The molecule has 0 spiro atoms. The summed E-state index contributed by atoms with van der Waals surface area (Å²) in [6.07, 6.45) is 0.929. The summed E-state index contributed by atoms with van der Waals surface area (Å²) in [5, 5.41) is 3.05. The van der Waals surface area contributed by atoms with E-state index >= 15 is 0 Å². The Bertz CT molecular complexity index is 447. The fourth-order valence-electron chi connectivity index (χ4n) is 2.24. The van der Waals surface area contributed by atoms with Crippen LogP contribution in [0.3, 0.4) is 0 Å². The van der Waals surface area contributed by atoms with Gasteiger partial charge in [0.25, 0.3) is 5.91 Å². The summed E-state index contributed by atoms with van der Waals surface area (Å²) in [6, 6.07) is 5.07. The maximum absolute atomic E-state index is 12.3. The molecule has 0 aliphatic carbocycles. The molecule has 1 unspecified atom stereocenters. The first-order valence-corrected chi connectivity index (χ1v) is 6.90. The van der Waals surface area contributed by atoms with Gasteiger partial charge in [0, 0.05) is 24.0 Å². The van der Waals surface area contributed by atoms with E-state index in [0.717, 1.165) is 13.0 Å². The number of nitrogen functional groups attached to an aromatic ring is 2. The molecule has 1 amide bonds. The average Bonchev–Trinajstić information content (AvgIpc) is 2.26. The highest BCUT2D eigenvalue weighted by molar-refractivity contribution is 5.99. The lowest BCUT2D eigenvalue weighted by atomic mass is 10.0. The van der Waals surface area contributed by atoms with Crippen molar-refractivity contribution >= 4 is 17.3 Å².